The van der Waals surface area contributed by atoms with Crippen LogP contribution in [0.25, 0.3) is 0 Å². The van der Waals surface area contributed by atoms with Gasteiger partial charge in [-0.15, -0.1) is 0 Å². The van der Waals surface area contributed by atoms with E-state index in [4.69, 9.17) is 9.47 Å². The molecule has 0 saturated carbocycles. The number of esters is 1. The van der Waals surface area contributed by atoms with Crippen molar-refractivity contribution in [2.24, 2.45) is 0 Å². The molecule has 3 aromatic rings. The Morgan fingerprint density at radius 2 is 1.52 bits per heavy atom. The third kappa shape index (κ3) is 6.44. The molecule has 1 amide bonds. The van der Waals surface area contributed by atoms with E-state index >= 15 is 0 Å². The molecule has 0 spiro atoms. The number of hydrogen-bond acceptors (Lipinski definition) is 4. The Morgan fingerprint density at radius 1 is 0.839 bits per heavy atom. The van der Waals surface area contributed by atoms with Crippen LogP contribution in [0.1, 0.15) is 34.0 Å². The molecule has 0 unspecified atom stereocenters. The lowest BCUT2D eigenvalue weighted by molar-refractivity contribution is -0.133. The van der Waals surface area contributed by atoms with Gasteiger partial charge in [0.1, 0.15) is 5.75 Å². The maximum absolute atomic E-state index is 12.6. The van der Waals surface area contributed by atoms with Crippen molar-refractivity contribution in [1.82, 2.24) is 4.90 Å². The minimum Gasteiger partial charge on any atom is -0.494 e. The highest BCUT2D eigenvalue weighted by Crippen LogP contribution is 2.16. The van der Waals surface area contributed by atoms with Crippen molar-refractivity contribution in [3.05, 3.63) is 101 Å². The summed E-state index contributed by atoms with van der Waals surface area (Å²) in [4.78, 5) is 26.6. The largest absolute Gasteiger partial charge is 0.494 e. The van der Waals surface area contributed by atoms with Crippen LogP contribution in [0, 0.1) is 0 Å². The van der Waals surface area contributed by atoms with Gasteiger partial charge in [0.2, 0.25) is 0 Å². The second kappa shape index (κ2) is 11.0. The summed E-state index contributed by atoms with van der Waals surface area (Å²) in [6.45, 7) is 2.67. The van der Waals surface area contributed by atoms with Gasteiger partial charge in [-0.1, -0.05) is 60.7 Å². The van der Waals surface area contributed by atoms with Crippen LogP contribution in [-0.2, 0) is 22.5 Å². The van der Waals surface area contributed by atoms with Crippen LogP contribution < -0.4 is 4.74 Å². The van der Waals surface area contributed by atoms with Gasteiger partial charge in [-0.25, -0.2) is 4.79 Å². The van der Waals surface area contributed by atoms with Gasteiger partial charge in [-0.3, -0.25) is 4.79 Å². The third-order valence-electron chi connectivity index (χ3n) is 4.88. The Bertz CT molecular complexity index is 999. The molecule has 0 N–H and O–H groups in total. The lowest BCUT2D eigenvalue weighted by Crippen LogP contribution is -2.31. The molecule has 160 valence electrons. The summed E-state index contributed by atoms with van der Waals surface area (Å²) in [5, 5.41) is 0. The molecule has 0 fully saturated rings. The summed E-state index contributed by atoms with van der Waals surface area (Å²) >= 11 is 0. The van der Waals surface area contributed by atoms with E-state index < -0.39 is 5.97 Å². The Morgan fingerprint density at radius 3 is 2.23 bits per heavy atom. The number of hydrogen-bond donors (Lipinski definition) is 0. The molecule has 5 nitrogen and oxygen atoms in total. The van der Waals surface area contributed by atoms with Crippen LogP contribution in [0.3, 0.4) is 0 Å². The molecule has 0 aliphatic carbocycles. The van der Waals surface area contributed by atoms with E-state index in [0.717, 1.165) is 22.4 Å². The highest BCUT2D eigenvalue weighted by molar-refractivity contribution is 5.92. The first-order valence-electron chi connectivity index (χ1n) is 10.3. The molecule has 0 saturated heterocycles. The zero-order chi connectivity index (χ0) is 22.1. The monoisotopic (exact) mass is 417 g/mol. The lowest BCUT2D eigenvalue weighted by Gasteiger charge is -2.18. The Balaban J connectivity index is 1.56. The third-order valence-corrected chi connectivity index (χ3v) is 4.88. The van der Waals surface area contributed by atoms with Gasteiger partial charge < -0.3 is 14.4 Å². The van der Waals surface area contributed by atoms with Crippen molar-refractivity contribution in [2.45, 2.75) is 19.9 Å². The average molecular weight is 418 g/mol. The van der Waals surface area contributed by atoms with Crippen molar-refractivity contribution >= 4 is 11.9 Å². The zero-order valence-electron chi connectivity index (χ0n) is 17.9. The molecule has 3 rings (SSSR count). The van der Waals surface area contributed by atoms with E-state index in [-0.39, 0.29) is 12.5 Å². The number of benzene rings is 3. The predicted octanol–water partition coefficient (Wildman–Crippen LogP) is 4.49. The fraction of sp³-hybridized carbons (Fsp3) is 0.231. The van der Waals surface area contributed by atoms with Gasteiger partial charge in [0.25, 0.3) is 5.91 Å². The summed E-state index contributed by atoms with van der Waals surface area (Å²) in [7, 11) is 1.69. The maximum Gasteiger partial charge on any atom is 0.338 e. The SMILES string of the molecule is CCOc1ccc(CN(C)C(=O)COC(=O)c2ccccc2Cc2ccccc2)cc1. The molecule has 31 heavy (non-hydrogen) atoms. The molecule has 0 heterocycles. The van der Waals surface area contributed by atoms with Crippen LogP contribution >= 0.6 is 0 Å². The Kier molecular flexibility index (Phi) is 7.82. The number of carbonyl (C=O) groups excluding carboxylic acids is 2. The number of likely N-dealkylation sites (N-methyl/N-ethyl adjacent to an activating group) is 1. The summed E-state index contributed by atoms with van der Waals surface area (Å²) in [5.74, 6) is 0.0421. The van der Waals surface area contributed by atoms with E-state index in [1.54, 1.807) is 24.1 Å². The highest BCUT2D eigenvalue weighted by Gasteiger charge is 2.16. The molecular weight excluding hydrogens is 390 g/mol. The molecular formula is C26H27NO4. The normalized spacial score (nSPS) is 10.4. The number of nitrogens with zero attached hydrogens (tertiary/aromatic N) is 1. The predicted molar refractivity (Wildman–Crippen MR) is 120 cm³/mol. The fourth-order valence-electron chi connectivity index (χ4n) is 3.22. The van der Waals surface area contributed by atoms with E-state index in [1.807, 2.05) is 73.7 Å². The van der Waals surface area contributed by atoms with E-state index in [2.05, 4.69) is 0 Å². The first kappa shape index (κ1) is 22.1. The molecule has 5 heteroatoms. The fourth-order valence-corrected chi connectivity index (χ4v) is 3.22. The van der Waals surface area contributed by atoms with Crippen molar-refractivity contribution in [3.8, 4) is 5.75 Å². The molecule has 0 aliphatic heterocycles. The average Bonchev–Trinajstić information content (AvgIpc) is 2.79. The van der Waals surface area contributed by atoms with Gasteiger partial charge >= 0.3 is 5.97 Å². The molecule has 3 aromatic carbocycles. The molecule has 0 radical (unpaired) electrons. The first-order valence-corrected chi connectivity index (χ1v) is 10.3. The van der Waals surface area contributed by atoms with Gasteiger partial charge in [-0.05, 0) is 48.2 Å². The number of rotatable bonds is 9. The Hall–Kier alpha value is -3.60. The quantitative estimate of drug-likeness (QED) is 0.482. The lowest BCUT2D eigenvalue weighted by atomic mass is 10.00. The summed E-state index contributed by atoms with van der Waals surface area (Å²) < 4.78 is 10.8. The molecule has 0 aromatic heterocycles. The first-order chi connectivity index (χ1) is 15.1. The number of amides is 1. The number of carbonyl (C=O) groups is 2. The smallest absolute Gasteiger partial charge is 0.338 e. The van der Waals surface area contributed by atoms with Gasteiger partial charge in [0.05, 0.1) is 12.2 Å². The van der Waals surface area contributed by atoms with Crippen molar-refractivity contribution in [2.75, 3.05) is 20.3 Å². The van der Waals surface area contributed by atoms with Crippen LogP contribution in [0.4, 0.5) is 0 Å². The van der Waals surface area contributed by atoms with E-state index in [1.165, 1.54) is 0 Å². The summed E-state index contributed by atoms with van der Waals surface area (Å²) in [5.41, 5.74) is 3.43. The zero-order valence-corrected chi connectivity index (χ0v) is 17.9. The molecule has 0 bridgehead atoms. The van der Waals surface area contributed by atoms with Crippen LogP contribution in [0.2, 0.25) is 0 Å². The minimum absolute atomic E-state index is 0.261. The standard InChI is InChI=1S/C26H27NO4/c1-3-30-23-15-13-21(14-16-23)18-27(2)25(28)19-31-26(29)24-12-8-7-11-22(24)17-20-9-5-4-6-10-20/h4-16H,3,17-19H2,1-2H3. The molecule has 0 aliphatic rings. The van der Waals surface area contributed by atoms with E-state index in [9.17, 15) is 9.59 Å². The van der Waals surface area contributed by atoms with Gasteiger partial charge in [-0.2, -0.15) is 0 Å². The maximum atomic E-state index is 12.6. The summed E-state index contributed by atoms with van der Waals surface area (Å²) in [6, 6.07) is 24.8. The topological polar surface area (TPSA) is 55.8 Å². The van der Waals surface area contributed by atoms with Gasteiger partial charge in [0.15, 0.2) is 6.61 Å². The second-order valence-electron chi connectivity index (χ2n) is 7.22. The van der Waals surface area contributed by atoms with Crippen molar-refractivity contribution < 1.29 is 19.1 Å². The minimum atomic E-state index is -0.491. The van der Waals surface area contributed by atoms with Crippen molar-refractivity contribution in [1.29, 1.82) is 0 Å². The molecule has 0 atom stereocenters. The van der Waals surface area contributed by atoms with Crippen molar-refractivity contribution in [3.63, 3.8) is 0 Å². The van der Waals surface area contributed by atoms with Crippen LogP contribution in [0.15, 0.2) is 78.9 Å². The van der Waals surface area contributed by atoms with Gasteiger partial charge in [0, 0.05) is 13.6 Å². The second-order valence-corrected chi connectivity index (χ2v) is 7.22. The summed E-state index contributed by atoms with van der Waals surface area (Å²) in [6.07, 6.45) is 0.623. The Labute approximate surface area is 183 Å². The van der Waals surface area contributed by atoms with Crippen LogP contribution in [-0.4, -0.2) is 37.0 Å². The number of ether oxygens (including phenoxy) is 2. The highest BCUT2D eigenvalue weighted by atomic mass is 16.5. The van der Waals surface area contributed by atoms with E-state index in [0.29, 0.717) is 25.1 Å². The van der Waals surface area contributed by atoms with Crippen LogP contribution in [0.5, 0.6) is 5.75 Å².